The van der Waals surface area contributed by atoms with Gasteiger partial charge in [-0.25, -0.2) is 9.18 Å². The predicted molar refractivity (Wildman–Crippen MR) is 90.8 cm³/mol. The zero-order valence-electron chi connectivity index (χ0n) is 13.8. The molecule has 1 saturated carbocycles. The Morgan fingerprint density at radius 1 is 1.41 bits per heavy atom. The van der Waals surface area contributed by atoms with E-state index >= 15 is 0 Å². The van der Waals surface area contributed by atoms with E-state index in [1.807, 2.05) is 0 Å². The van der Waals surface area contributed by atoms with Crippen molar-refractivity contribution in [3.8, 4) is 5.69 Å². The first kappa shape index (κ1) is 17.4. The Balaban J connectivity index is 1.47. The first-order chi connectivity index (χ1) is 12.9. The smallest absolute Gasteiger partial charge is 0.322 e. The molecule has 1 aromatic heterocycles. The normalized spacial score (nSPS) is 21.7. The zero-order valence-corrected chi connectivity index (χ0v) is 14.6. The standard InChI is InChI=1S/C16H14ClFN6O3/c17-10-5-9(3-4-11(10)18)24-20-6-12(23-24)13(25)19-7-16(8-1-2-8)14(26)21-15(27)22-16/h3-6,8H,1-2,7H2,(H,19,25)(H2,21,22,26,27)/t16-/m0/s1. The molecule has 3 N–H and O–H groups in total. The van der Waals surface area contributed by atoms with Gasteiger partial charge in [-0.2, -0.15) is 9.90 Å². The van der Waals surface area contributed by atoms with Crippen LogP contribution in [0.5, 0.6) is 0 Å². The van der Waals surface area contributed by atoms with Crippen LogP contribution >= 0.6 is 11.6 Å². The molecule has 0 spiro atoms. The highest BCUT2D eigenvalue weighted by molar-refractivity contribution is 6.30. The molecule has 27 heavy (non-hydrogen) atoms. The molecule has 0 unspecified atom stereocenters. The lowest BCUT2D eigenvalue weighted by atomic mass is 9.93. The second-order valence-electron chi connectivity index (χ2n) is 6.45. The van der Waals surface area contributed by atoms with Crippen LogP contribution in [0.4, 0.5) is 9.18 Å². The van der Waals surface area contributed by atoms with E-state index in [0.717, 1.165) is 17.6 Å². The van der Waals surface area contributed by atoms with E-state index in [1.165, 1.54) is 24.4 Å². The molecule has 11 heteroatoms. The molecular formula is C16H14ClFN6O3. The lowest BCUT2D eigenvalue weighted by Crippen LogP contribution is -2.57. The van der Waals surface area contributed by atoms with Crippen molar-refractivity contribution >= 4 is 29.4 Å². The second kappa shape index (κ2) is 6.31. The summed E-state index contributed by atoms with van der Waals surface area (Å²) >= 11 is 5.74. The molecule has 2 fully saturated rings. The number of hydrogen-bond donors (Lipinski definition) is 3. The predicted octanol–water partition coefficient (Wildman–Crippen LogP) is 0.778. The minimum Gasteiger partial charge on any atom is -0.348 e. The van der Waals surface area contributed by atoms with Gasteiger partial charge >= 0.3 is 6.03 Å². The van der Waals surface area contributed by atoms with Gasteiger partial charge in [-0.1, -0.05) is 11.6 Å². The highest BCUT2D eigenvalue weighted by atomic mass is 35.5. The molecule has 4 rings (SSSR count). The molecule has 0 radical (unpaired) electrons. The van der Waals surface area contributed by atoms with Gasteiger partial charge < -0.3 is 10.6 Å². The molecule has 1 aliphatic heterocycles. The number of halogens is 2. The van der Waals surface area contributed by atoms with Gasteiger partial charge in [-0.05, 0) is 37.0 Å². The van der Waals surface area contributed by atoms with Crippen LogP contribution in [0.3, 0.4) is 0 Å². The van der Waals surface area contributed by atoms with Crippen molar-refractivity contribution < 1.29 is 18.8 Å². The number of nitrogens with one attached hydrogen (secondary N) is 3. The highest BCUT2D eigenvalue weighted by Crippen LogP contribution is 2.41. The van der Waals surface area contributed by atoms with Crippen molar-refractivity contribution in [3.05, 3.63) is 40.9 Å². The molecule has 2 heterocycles. The van der Waals surface area contributed by atoms with E-state index in [9.17, 15) is 18.8 Å². The van der Waals surface area contributed by atoms with Crippen LogP contribution in [0, 0.1) is 11.7 Å². The van der Waals surface area contributed by atoms with E-state index < -0.39 is 29.2 Å². The molecule has 9 nitrogen and oxygen atoms in total. The van der Waals surface area contributed by atoms with Crippen molar-refractivity contribution in [2.24, 2.45) is 5.92 Å². The summed E-state index contributed by atoms with van der Waals surface area (Å²) in [5.41, 5.74) is -0.740. The Hall–Kier alpha value is -3.01. The van der Waals surface area contributed by atoms with Crippen LogP contribution in [0.25, 0.3) is 5.69 Å². The quantitative estimate of drug-likeness (QED) is 0.650. The van der Waals surface area contributed by atoms with Gasteiger partial charge in [0, 0.05) is 0 Å². The average molecular weight is 393 g/mol. The number of carbonyl (C=O) groups is 3. The summed E-state index contributed by atoms with van der Waals surface area (Å²) in [4.78, 5) is 37.2. The van der Waals surface area contributed by atoms with Crippen LogP contribution in [-0.4, -0.2) is 44.9 Å². The topological polar surface area (TPSA) is 118 Å². The molecule has 2 aliphatic rings. The van der Waals surface area contributed by atoms with Crippen LogP contribution in [-0.2, 0) is 4.79 Å². The van der Waals surface area contributed by atoms with E-state index in [-0.39, 0.29) is 23.2 Å². The fraction of sp³-hybridized carbons (Fsp3) is 0.312. The molecular weight excluding hydrogens is 379 g/mol. The van der Waals surface area contributed by atoms with E-state index in [1.54, 1.807) is 0 Å². The lowest BCUT2D eigenvalue weighted by molar-refractivity contribution is -0.124. The van der Waals surface area contributed by atoms with Gasteiger partial charge in [0.2, 0.25) is 0 Å². The molecule has 0 bridgehead atoms. The third-order valence-electron chi connectivity index (χ3n) is 4.63. The molecule has 2 aromatic rings. The van der Waals surface area contributed by atoms with Crippen molar-refractivity contribution in [1.29, 1.82) is 0 Å². The number of aromatic nitrogens is 3. The minimum atomic E-state index is -1.13. The highest BCUT2D eigenvalue weighted by Gasteiger charge is 2.56. The van der Waals surface area contributed by atoms with Gasteiger partial charge in [0.1, 0.15) is 11.4 Å². The van der Waals surface area contributed by atoms with Crippen LogP contribution in [0.1, 0.15) is 23.3 Å². The summed E-state index contributed by atoms with van der Waals surface area (Å²) in [5, 5.41) is 15.4. The van der Waals surface area contributed by atoms with Crippen molar-refractivity contribution in [2.45, 2.75) is 18.4 Å². The fourth-order valence-corrected chi connectivity index (χ4v) is 3.22. The Morgan fingerprint density at radius 3 is 2.81 bits per heavy atom. The maximum Gasteiger partial charge on any atom is 0.322 e. The molecule has 4 amide bonds. The van der Waals surface area contributed by atoms with Gasteiger partial charge in [0.25, 0.3) is 11.8 Å². The van der Waals surface area contributed by atoms with E-state index in [2.05, 4.69) is 26.1 Å². The van der Waals surface area contributed by atoms with Gasteiger partial charge in [0.15, 0.2) is 5.69 Å². The molecule has 1 aromatic carbocycles. The van der Waals surface area contributed by atoms with E-state index in [0.29, 0.717) is 5.69 Å². The fourth-order valence-electron chi connectivity index (χ4n) is 3.05. The third kappa shape index (κ3) is 3.12. The first-order valence-electron chi connectivity index (χ1n) is 8.18. The Kier molecular flexibility index (Phi) is 4.06. The molecule has 140 valence electrons. The van der Waals surface area contributed by atoms with Crippen molar-refractivity contribution in [1.82, 2.24) is 30.9 Å². The van der Waals surface area contributed by atoms with Gasteiger partial charge in [0.05, 0.1) is 23.5 Å². The Bertz CT molecular complexity index is 959. The number of imide groups is 1. The maximum atomic E-state index is 13.3. The summed E-state index contributed by atoms with van der Waals surface area (Å²) in [7, 11) is 0. The summed E-state index contributed by atoms with van der Waals surface area (Å²) in [6, 6.07) is 3.35. The molecule has 1 atom stereocenters. The van der Waals surface area contributed by atoms with E-state index in [4.69, 9.17) is 11.6 Å². The van der Waals surface area contributed by atoms with Crippen molar-refractivity contribution in [3.63, 3.8) is 0 Å². The summed E-state index contributed by atoms with van der Waals surface area (Å²) in [6.07, 6.45) is 2.83. The number of benzene rings is 1. The number of nitrogens with zero attached hydrogens (tertiary/aromatic N) is 3. The number of carbonyl (C=O) groups excluding carboxylic acids is 3. The average Bonchev–Trinajstić information content (AvgIpc) is 3.29. The maximum absolute atomic E-state index is 13.3. The molecule has 1 aliphatic carbocycles. The Labute approximate surface area is 157 Å². The molecule has 1 saturated heterocycles. The number of amides is 4. The van der Waals surface area contributed by atoms with Crippen LogP contribution in [0.2, 0.25) is 5.02 Å². The zero-order chi connectivity index (χ0) is 19.2. The summed E-state index contributed by atoms with van der Waals surface area (Å²) in [6.45, 7) is -0.0523. The summed E-state index contributed by atoms with van der Waals surface area (Å²) in [5.74, 6) is -1.59. The monoisotopic (exact) mass is 392 g/mol. The minimum absolute atomic E-state index is 0.00567. The van der Waals surface area contributed by atoms with Gasteiger partial charge in [-0.3, -0.25) is 14.9 Å². The lowest BCUT2D eigenvalue weighted by Gasteiger charge is -2.25. The summed E-state index contributed by atoms with van der Waals surface area (Å²) < 4.78 is 13.3. The number of rotatable bonds is 5. The second-order valence-corrected chi connectivity index (χ2v) is 6.86. The van der Waals surface area contributed by atoms with Crippen LogP contribution in [0.15, 0.2) is 24.4 Å². The SMILES string of the molecule is O=C1NC(=O)[C@](CNC(=O)c2cnn(-c3ccc(F)c(Cl)c3)n2)(C2CC2)N1. The van der Waals surface area contributed by atoms with Crippen LogP contribution < -0.4 is 16.0 Å². The van der Waals surface area contributed by atoms with Crippen molar-refractivity contribution in [2.75, 3.05) is 6.54 Å². The largest absolute Gasteiger partial charge is 0.348 e. The van der Waals surface area contributed by atoms with Gasteiger partial charge in [-0.15, -0.1) is 5.10 Å². The number of urea groups is 1. The number of hydrogen-bond acceptors (Lipinski definition) is 5. The Morgan fingerprint density at radius 2 is 2.19 bits per heavy atom. The third-order valence-corrected chi connectivity index (χ3v) is 4.92. The first-order valence-corrected chi connectivity index (χ1v) is 8.56.